The summed E-state index contributed by atoms with van der Waals surface area (Å²) in [5.41, 5.74) is 0.670. The number of hydrogen-bond acceptors (Lipinski definition) is 3. The number of ether oxygens (including phenoxy) is 1. The first-order valence-electron chi connectivity index (χ1n) is 5.55. The van der Waals surface area contributed by atoms with Crippen molar-refractivity contribution in [3.05, 3.63) is 36.3 Å². The summed E-state index contributed by atoms with van der Waals surface area (Å²) >= 11 is 0. The van der Waals surface area contributed by atoms with Crippen LogP contribution in [-0.2, 0) is 6.54 Å². The van der Waals surface area contributed by atoms with Gasteiger partial charge in [-0.3, -0.25) is 0 Å². The molecule has 0 radical (unpaired) electrons. The second-order valence-corrected chi connectivity index (χ2v) is 4.82. The van der Waals surface area contributed by atoms with E-state index in [1.165, 1.54) is 6.07 Å². The summed E-state index contributed by atoms with van der Waals surface area (Å²) in [4.78, 5) is 3.93. The van der Waals surface area contributed by atoms with Gasteiger partial charge in [-0.15, -0.1) is 0 Å². The summed E-state index contributed by atoms with van der Waals surface area (Å²) in [6.07, 6.45) is 2.78. The van der Waals surface area contributed by atoms with Crippen molar-refractivity contribution in [3.8, 4) is 5.88 Å². The van der Waals surface area contributed by atoms with Crippen LogP contribution in [0.1, 0.15) is 26.3 Å². The molecule has 1 N–H and O–H groups in total. The maximum atomic E-state index is 13.1. The number of nitrogens with one attached hydrogen (secondary N) is 1. The molecule has 0 aliphatic carbocycles. The maximum absolute atomic E-state index is 13.1. The zero-order valence-corrected chi connectivity index (χ0v) is 10.6. The highest BCUT2D eigenvalue weighted by molar-refractivity contribution is 5.26. The molecule has 0 saturated carbocycles. The van der Waals surface area contributed by atoms with Gasteiger partial charge in [0.1, 0.15) is 12.4 Å². The van der Waals surface area contributed by atoms with Crippen molar-refractivity contribution in [1.82, 2.24) is 10.3 Å². The molecule has 1 heterocycles. The molecule has 4 heteroatoms. The van der Waals surface area contributed by atoms with E-state index in [2.05, 4.69) is 16.9 Å². The second kappa shape index (κ2) is 5.77. The van der Waals surface area contributed by atoms with Gasteiger partial charge in [0.05, 0.1) is 6.20 Å². The van der Waals surface area contributed by atoms with Crippen molar-refractivity contribution < 1.29 is 9.13 Å². The fraction of sp³-hybridized carbons (Fsp3) is 0.462. The molecular weight excluding hydrogens is 219 g/mol. The normalized spacial score (nSPS) is 11.3. The van der Waals surface area contributed by atoms with Crippen LogP contribution in [0.2, 0.25) is 0 Å². The van der Waals surface area contributed by atoms with Crippen molar-refractivity contribution in [1.29, 1.82) is 0 Å². The van der Waals surface area contributed by atoms with Gasteiger partial charge in [-0.25, -0.2) is 9.37 Å². The van der Waals surface area contributed by atoms with Gasteiger partial charge in [0.2, 0.25) is 5.88 Å². The molecule has 0 unspecified atom stereocenters. The van der Waals surface area contributed by atoms with E-state index in [4.69, 9.17) is 4.74 Å². The number of aromatic nitrogens is 1. The molecule has 94 valence electrons. The number of nitrogens with zero attached hydrogens (tertiary/aromatic N) is 1. The molecule has 1 aromatic rings. The van der Waals surface area contributed by atoms with Crippen LogP contribution in [0, 0.1) is 5.82 Å². The molecule has 0 aliphatic heterocycles. The summed E-state index contributed by atoms with van der Waals surface area (Å²) in [5.74, 6) is 0.0877. The van der Waals surface area contributed by atoms with Gasteiger partial charge in [0.25, 0.3) is 0 Å². The number of halogens is 1. The van der Waals surface area contributed by atoms with Crippen molar-refractivity contribution in [2.24, 2.45) is 0 Å². The summed E-state index contributed by atoms with van der Waals surface area (Å²) in [6, 6.07) is 1.43. The molecule has 0 aliphatic rings. The van der Waals surface area contributed by atoms with E-state index >= 15 is 0 Å². The third-order valence-electron chi connectivity index (χ3n) is 2.04. The quantitative estimate of drug-likeness (QED) is 0.801. The predicted molar refractivity (Wildman–Crippen MR) is 66.5 cm³/mol. The molecule has 0 amide bonds. The zero-order chi connectivity index (χ0) is 12.9. The largest absolute Gasteiger partial charge is 0.473 e. The molecular formula is C13H19FN2O. The number of pyridine rings is 1. The third kappa shape index (κ3) is 4.95. The molecule has 1 aromatic heterocycles. The lowest BCUT2D eigenvalue weighted by Crippen LogP contribution is -2.35. The van der Waals surface area contributed by atoms with Crippen LogP contribution < -0.4 is 10.1 Å². The molecule has 0 saturated heterocycles. The summed E-state index contributed by atoms with van der Waals surface area (Å²) in [7, 11) is 0. The number of rotatable bonds is 5. The predicted octanol–water partition coefficient (Wildman–Crippen LogP) is 2.67. The van der Waals surface area contributed by atoms with E-state index in [1.807, 2.05) is 20.8 Å². The van der Waals surface area contributed by atoms with E-state index in [0.717, 1.165) is 6.20 Å². The van der Waals surface area contributed by atoms with Gasteiger partial charge < -0.3 is 10.1 Å². The van der Waals surface area contributed by atoms with Gasteiger partial charge in [-0.05, 0) is 26.8 Å². The summed E-state index contributed by atoms with van der Waals surface area (Å²) in [5, 5.41) is 3.27. The topological polar surface area (TPSA) is 34.1 Å². The Morgan fingerprint density at radius 1 is 1.53 bits per heavy atom. The lowest BCUT2D eigenvalue weighted by molar-refractivity contribution is 0.337. The molecule has 17 heavy (non-hydrogen) atoms. The molecule has 0 aromatic carbocycles. The molecule has 1 rings (SSSR count). The lowest BCUT2D eigenvalue weighted by atomic mass is 10.1. The van der Waals surface area contributed by atoms with Crippen LogP contribution in [-0.4, -0.2) is 17.1 Å². The Hall–Kier alpha value is -1.42. The van der Waals surface area contributed by atoms with E-state index < -0.39 is 0 Å². The Kier molecular flexibility index (Phi) is 4.63. The first kappa shape index (κ1) is 13.6. The Morgan fingerprint density at radius 2 is 2.24 bits per heavy atom. The second-order valence-electron chi connectivity index (χ2n) is 4.82. The van der Waals surface area contributed by atoms with Gasteiger partial charge in [-0.2, -0.15) is 0 Å². The van der Waals surface area contributed by atoms with Crippen LogP contribution in [0.3, 0.4) is 0 Å². The van der Waals surface area contributed by atoms with Gasteiger partial charge in [0, 0.05) is 17.6 Å². The van der Waals surface area contributed by atoms with Crippen molar-refractivity contribution in [2.75, 3.05) is 6.61 Å². The van der Waals surface area contributed by atoms with E-state index in [-0.39, 0.29) is 11.4 Å². The number of hydrogen-bond donors (Lipinski definition) is 1. The Labute approximate surface area is 102 Å². The Bertz CT molecular complexity index is 385. The fourth-order valence-corrected chi connectivity index (χ4v) is 1.22. The molecule has 3 nitrogen and oxygen atoms in total. The van der Waals surface area contributed by atoms with E-state index in [1.54, 1.807) is 6.08 Å². The highest BCUT2D eigenvalue weighted by Gasteiger charge is 2.12. The molecule has 0 atom stereocenters. The van der Waals surface area contributed by atoms with Crippen molar-refractivity contribution >= 4 is 0 Å². The van der Waals surface area contributed by atoms with Crippen LogP contribution in [0.5, 0.6) is 5.88 Å². The zero-order valence-electron chi connectivity index (χ0n) is 10.6. The minimum atomic E-state index is -0.360. The molecule has 0 fully saturated rings. The van der Waals surface area contributed by atoms with E-state index in [9.17, 15) is 4.39 Å². The maximum Gasteiger partial charge on any atom is 0.218 e. The van der Waals surface area contributed by atoms with Crippen LogP contribution >= 0.6 is 0 Å². The third-order valence-corrected chi connectivity index (χ3v) is 2.04. The van der Waals surface area contributed by atoms with E-state index in [0.29, 0.717) is 24.6 Å². The van der Waals surface area contributed by atoms with Crippen LogP contribution in [0.4, 0.5) is 4.39 Å². The monoisotopic (exact) mass is 238 g/mol. The van der Waals surface area contributed by atoms with Gasteiger partial charge in [0.15, 0.2) is 0 Å². The summed E-state index contributed by atoms with van der Waals surface area (Å²) < 4.78 is 18.5. The first-order valence-corrected chi connectivity index (χ1v) is 5.55. The van der Waals surface area contributed by atoms with Crippen LogP contribution in [0.15, 0.2) is 24.9 Å². The van der Waals surface area contributed by atoms with Gasteiger partial charge >= 0.3 is 0 Å². The fourth-order valence-electron chi connectivity index (χ4n) is 1.22. The van der Waals surface area contributed by atoms with Crippen molar-refractivity contribution in [3.63, 3.8) is 0 Å². The Balaban J connectivity index is 2.79. The standard InChI is InChI=1S/C13H19FN2O/c1-5-6-17-12-10(7-11(14)9-15-12)8-16-13(2,3)4/h5,7,9,16H,1,6,8H2,2-4H3. The molecule has 0 bridgehead atoms. The summed E-state index contributed by atoms with van der Waals surface area (Å²) in [6.45, 7) is 10.6. The highest BCUT2D eigenvalue weighted by atomic mass is 19.1. The smallest absolute Gasteiger partial charge is 0.218 e. The highest BCUT2D eigenvalue weighted by Crippen LogP contribution is 2.17. The molecule has 0 spiro atoms. The first-order chi connectivity index (χ1) is 7.92. The SMILES string of the molecule is C=CCOc1ncc(F)cc1CNC(C)(C)C. The lowest BCUT2D eigenvalue weighted by Gasteiger charge is -2.21. The minimum absolute atomic E-state index is 0.0397. The van der Waals surface area contributed by atoms with Crippen molar-refractivity contribution in [2.45, 2.75) is 32.9 Å². The van der Waals surface area contributed by atoms with Crippen LogP contribution in [0.25, 0.3) is 0 Å². The average molecular weight is 238 g/mol. The Morgan fingerprint density at radius 3 is 2.82 bits per heavy atom. The average Bonchev–Trinajstić information content (AvgIpc) is 2.24. The minimum Gasteiger partial charge on any atom is -0.473 e. The van der Waals surface area contributed by atoms with Gasteiger partial charge in [-0.1, -0.05) is 12.7 Å².